The first-order valence-electron chi connectivity index (χ1n) is 9.17. The lowest BCUT2D eigenvalue weighted by Crippen LogP contribution is -2.16. The monoisotopic (exact) mass is 395 g/mol. The number of benzene rings is 1. The molecule has 0 saturated heterocycles. The van der Waals surface area contributed by atoms with E-state index in [2.05, 4.69) is 15.2 Å². The van der Waals surface area contributed by atoms with Gasteiger partial charge >= 0.3 is 0 Å². The molecule has 1 fully saturated rings. The van der Waals surface area contributed by atoms with Crippen molar-refractivity contribution in [1.29, 1.82) is 0 Å². The quantitative estimate of drug-likeness (QED) is 0.808. The van der Waals surface area contributed by atoms with Gasteiger partial charge in [-0.1, -0.05) is 25.7 Å². The van der Waals surface area contributed by atoms with E-state index in [1.54, 1.807) is 0 Å². The molecule has 0 radical (unpaired) electrons. The van der Waals surface area contributed by atoms with Gasteiger partial charge in [0, 0.05) is 17.5 Å². The third kappa shape index (κ3) is 4.14. The van der Waals surface area contributed by atoms with Gasteiger partial charge in [0.25, 0.3) is 5.16 Å². The summed E-state index contributed by atoms with van der Waals surface area (Å²) in [6, 6.07) is 2.47. The Balaban J connectivity index is 1.50. The summed E-state index contributed by atoms with van der Waals surface area (Å²) in [6.07, 6.45) is 6.67. The number of H-pyrrole nitrogens is 1. The first kappa shape index (κ1) is 18.4. The highest BCUT2D eigenvalue weighted by atomic mass is 32.2. The average Bonchev–Trinajstić information content (AvgIpc) is 3.31. The maximum Gasteiger partial charge on any atom is 0.267 e. The second kappa shape index (κ2) is 7.55. The van der Waals surface area contributed by atoms with Gasteiger partial charge in [-0.3, -0.25) is 5.10 Å². The summed E-state index contributed by atoms with van der Waals surface area (Å²) in [5.74, 6) is 0.677. The van der Waals surface area contributed by atoms with Crippen LogP contribution in [-0.4, -0.2) is 30.4 Å². The van der Waals surface area contributed by atoms with Crippen LogP contribution in [0.5, 0.6) is 5.75 Å². The number of hydrogen-bond donors (Lipinski definition) is 1. The topological polar surface area (TPSA) is 94.2 Å². The molecule has 0 unspecified atom stereocenters. The maximum atomic E-state index is 13.8. The number of aromatic amines is 1. The second-order valence-electron chi connectivity index (χ2n) is 7.18. The third-order valence-electron chi connectivity index (χ3n) is 5.15. The normalized spacial score (nSPS) is 17.7. The largest absolute Gasteiger partial charge is 0.467 e. The van der Waals surface area contributed by atoms with Crippen molar-refractivity contribution >= 4 is 9.84 Å². The Morgan fingerprint density at radius 2 is 2.07 bits per heavy atom. The Morgan fingerprint density at radius 1 is 1.26 bits per heavy atom. The minimum atomic E-state index is -3.82. The number of nitrogens with one attached hydrogen (secondary N) is 1. The van der Waals surface area contributed by atoms with Crippen LogP contribution >= 0.6 is 0 Å². The molecule has 2 aromatic rings. The molecule has 2 heterocycles. The summed E-state index contributed by atoms with van der Waals surface area (Å²) < 4.78 is 49.8. The van der Waals surface area contributed by atoms with E-state index in [4.69, 9.17) is 9.47 Å². The fourth-order valence-electron chi connectivity index (χ4n) is 3.80. The molecule has 9 heteroatoms. The molecular formula is C18H22FN3O4S. The molecule has 0 bridgehead atoms. The number of aromatic nitrogens is 3. The van der Waals surface area contributed by atoms with E-state index < -0.39 is 21.4 Å². The molecule has 1 aromatic carbocycles. The Bertz CT molecular complexity index is 923. The van der Waals surface area contributed by atoms with Crippen LogP contribution < -0.4 is 4.74 Å². The number of halogens is 1. The van der Waals surface area contributed by atoms with Gasteiger partial charge in [0.1, 0.15) is 17.4 Å². The predicted octanol–water partition coefficient (Wildman–Crippen LogP) is 2.91. The highest BCUT2D eigenvalue weighted by Gasteiger charge is 2.26. The Kier molecular flexibility index (Phi) is 5.14. The summed E-state index contributed by atoms with van der Waals surface area (Å²) in [6.45, 7) is 0.198. The fourth-order valence-corrected chi connectivity index (χ4v) is 4.99. The highest BCUT2D eigenvalue weighted by Crippen LogP contribution is 2.32. The molecule has 146 valence electrons. The van der Waals surface area contributed by atoms with Gasteiger partial charge in [-0.15, -0.1) is 5.10 Å². The van der Waals surface area contributed by atoms with Gasteiger partial charge in [-0.25, -0.2) is 17.8 Å². The molecule has 27 heavy (non-hydrogen) atoms. The molecule has 1 N–H and O–H groups in total. The van der Waals surface area contributed by atoms with Gasteiger partial charge in [0.05, 0.1) is 12.4 Å². The number of nitrogens with zero attached hydrogens (tertiary/aromatic N) is 2. The van der Waals surface area contributed by atoms with E-state index >= 15 is 0 Å². The lowest BCUT2D eigenvalue weighted by atomic mass is 10.0. The minimum absolute atomic E-state index is 0.0116. The predicted molar refractivity (Wildman–Crippen MR) is 94.2 cm³/mol. The summed E-state index contributed by atoms with van der Waals surface area (Å²) in [7, 11) is -3.82. The van der Waals surface area contributed by atoms with E-state index in [1.807, 2.05) is 0 Å². The SMILES string of the molecule is O=S(=O)(Cc1cc(F)cc2c1OCOC2)c1n[nH]c(CCC2CCCC2)n1. The molecule has 1 aromatic heterocycles. The Morgan fingerprint density at radius 3 is 2.89 bits per heavy atom. The lowest BCUT2D eigenvalue weighted by Gasteiger charge is -2.20. The van der Waals surface area contributed by atoms with E-state index in [0.29, 0.717) is 29.5 Å². The minimum Gasteiger partial charge on any atom is -0.467 e. The van der Waals surface area contributed by atoms with Gasteiger partial charge in [-0.2, -0.15) is 0 Å². The number of rotatable bonds is 6. The van der Waals surface area contributed by atoms with Crippen molar-refractivity contribution in [2.75, 3.05) is 6.79 Å². The summed E-state index contributed by atoms with van der Waals surface area (Å²) in [4.78, 5) is 4.16. The molecule has 0 atom stereocenters. The van der Waals surface area contributed by atoms with Crippen LogP contribution in [0.25, 0.3) is 0 Å². The van der Waals surface area contributed by atoms with E-state index in [1.165, 1.54) is 37.8 Å². The van der Waals surface area contributed by atoms with Crippen molar-refractivity contribution < 1.29 is 22.3 Å². The van der Waals surface area contributed by atoms with Crippen molar-refractivity contribution in [3.05, 3.63) is 34.9 Å². The molecule has 7 nitrogen and oxygen atoms in total. The molecule has 0 amide bonds. The summed E-state index contributed by atoms with van der Waals surface area (Å²) in [5, 5.41) is 6.35. The van der Waals surface area contributed by atoms with Crippen molar-refractivity contribution in [3.63, 3.8) is 0 Å². The van der Waals surface area contributed by atoms with Crippen LogP contribution in [0.15, 0.2) is 17.3 Å². The molecular weight excluding hydrogens is 373 g/mol. The lowest BCUT2D eigenvalue weighted by molar-refractivity contribution is -0.0171. The zero-order chi connectivity index (χ0) is 18.9. The number of ether oxygens (including phenoxy) is 2. The number of aryl methyl sites for hydroxylation is 1. The molecule has 1 saturated carbocycles. The molecule has 1 aliphatic carbocycles. The van der Waals surface area contributed by atoms with Crippen LogP contribution in [0, 0.1) is 11.7 Å². The Hall–Kier alpha value is -2.00. The summed E-state index contributed by atoms with van der Waals surface area (Å²) in [5.41, 5.74) is 0.754. The zero-order valence-corrected chi connectivity index (χ0v) is 15.7. The van der Waals surface area contributed by atoms with Gasteiger partial charge in [0.15, 0.2) is 6.79 Å². The first-order chi connectivity index (χ1) is 13.0. The van der Waals surface area contributed by atoms with Gasteiger partial charge in [0.2, 0.25) is 9.84 Å². The Labute approximate surface area is 157 Å². The standard InChI is InChI=1S/C18H22FN3O4S/c19-15-7-13-9-25-11-26-17(13)14(8-15)10-27(23,24)18-20-16(21-22-18)6-5-12-3-1-2-4-12/h7-8,12H,1-6,9-11H2,(H,20,21,22). The number of sulfone groups is 1. The first-order valence-corrected chi connectivity index (χ1v) is 10.8. The van der Waals surface area contributed by atoms with Crippen LogP contribution in [0.2, 0.25) is 0 Å². The van der Waals surface area contributed by atoms with Crippen molar-refractivity contribution in [1.82, 2.24) is 15.2 Å². The smallest absolute Gasteiger partial charge is 0.267 e. The number of fused-ring (bicyclic) bond motifs is 1. The van der Waals surface area contributed by atoms with Crippen molar-refractivity contribution in [2.45, 2.75) is 56.0 Å². The fraction of sp³-hybridized carbons (Fsp3) is 0.556. The molecule has 4 rings (SSSR count). The van der Waals surface area contributed by atoms with E-state index in [9.17, 15) is 12.8 Å². The maximum absolute atomic E-state index is 13.8. The number of hydrogen-bond acceptors (Lipinski definition) is 6. The van der Waals surface area contributed by atoms with Crippen LogP contribution in [0.3, 0.4) is 0 Å². The average molecular weight is 395 g/mol. The second-order valence-corrected chi connectivity index (χ2v) is 9.06. The van der Waals surface area contributed by atoms with E-state index in [-0.39, 0.29) is 24.1 Å². The van der Waals surface area contributed by atoms with Crippen molar-refractivity contribution in [2.24, 2.45) is 5.92 Å². The van der Waals surface area contributed by atoms with Crippen molar-refractivity contribution in [3.8, 4) is 5.75 Å². The van der Waals surface area contributed by atoms with Crippen LogP contribution in [-0.2, 0) is 33.4 Å². The zero-order valence-electron chi connectivity index (χ0n) is 14.9. The van der Waals surface area contributed by atoms with Gasteiger partial charge < -0.3 is 9.47 Å². The van der Waals surface area contributed by atoms with Crippen LogP contribution in [0.1, 0.15) is 49.1 Å². The summed E-state index contributed by atoms with van der Waals surface area (Å²) >= 11 is 0. The third-order valence-corrected chi connectivity index (χ3v) is 6.58. The molecule has 0 spiro atoms. The van der Waals surface area contributed by atoms with Gasteiger partial charge in [-0.05, 0) is 24.5 Å². The molecule has 1 aliphatic heterocycles. The van der Waals surface area contributed by atoms with Crippen LogP contribution in [0.4, 0.5) is 4.39 Å². The van der Waals surface area contributed by atoms with E-state index in [0.717, 1.165) is 6.42 Å². The highest BCUT2D eigenvalue weighted by molar-refractivity contribution is 7.90. The molecule has 2 aliphatic rings.